The number of amides is 1. The van der Waals surface area contributed by atoms with Gasteiger partial charge in [-0.15, -0.1) is 0 Å². The zero-order chi connectivity index (χ0) is 14.8. The number of aromatic nitrogens is 2. The summed E-state index contributed by atoms with van der Waals surface area (Å²) in [5.74, 6) is 0.523. The zero-order valence-corrected chi connectivity index (χ0v) is 12.6. The van der Waals surface area contributed by atoms with Crippen LogP contribution >= 0.6 is 0 Å². The Bertz CT molecular complexity index is 473. The average molecular weight is 279 g/mol. The highest BCUT2D eigenvalue weighted by molar-refractivity contribution is 5.92. The van der Waals surface area contributed by atoms with Gasteiger partial charge in [-0.1, -0.05) is 6.92 Å². The number of hydrogen-bond acceptors (Lipinski definition) is 3. The predicted molar refractivity (Wildman–Crippen MR) is 77.6 cm³/mol. The van der Waals surface area contributed by atoms with Gasteiger partial charge in [0.15, 0.2) is 0 Å². The Kier molecular flexibility index (Phi) is 4.48. The second-order valence-corrected chi connectivity index (χ2v) is 6.08. The molecule has 1 aliphatic rings. The third-order valence-electron chi connectivity index (χ3n) is 4.22. The first-order valence-corrected chi connectivity index (χ1v) is 7.48. The summed E-state index contributed by atoms with van der Waals surface area (Å²) in [4.78, 5) is 12.2. The second kappa shape index (κ2) is 5.95. The van der Waals surface area contributed by atoms with Crippen LogP contribution in [0.3, 0.4) is 0 Å². The van der Waals surface area contributed by atoms with E-state index in [9.17, 15) is 9.90 Å². The number of nitrogens with zero attached hydrogens (tertiary/aromatic N) is 2. The molecule has 0 aromatic carbocycles. The number of carbonyl (C=O) groups is 1. The van der Waals surface area contributed by atoms with Crippen molar-refractivity contribution in [2.75, 3.05) is 6.54 Å². The maximum atomic E-state index is 12.2. The van der Waals surface area contributed by atoms with E-state index < -0.39 is 5.60 Å². The van der Waals surface area contributed by atoms with Crippen LogP contribution < -0.4 is 5.32 Å². The molecule has 1 aliphatic carbocycles. The first-order valence-electron chi connectivity index (χ1n) is 7.48. The van der Waals surface area contributed by atoms with Gasteiger partial charge in [0.2, 0.25) is 0 Å². The number of aliphatic hydroxyl groups is 1. The number of hydrogen-bond donors (Lipinski definition) is 2. The molecule has 0 atom stereocenters. The van der Waals surface area contributed by atoms with E-state index >= 15 is 0 Å². The van der Waals surface area contributed by atoms with Crippen LogP contribution in [0.15, 0.2) is 6.07 Å². The van der Waals surface area contributed by atoms with Crippen molar-refractivity contribution in [1.29, 1.82) is 0 Å². The van der Waals surface area contributed by atoms with E-state index in [0.717, 1.165) is 31.4 Å². The van der Waals surface area contributed by atoms with E-state index in [2.05, 4.69) is 17.3 Å². The van der Waals surface area contributed by atoms with Crippen LogP contribution in [0.4, 0.5) is 0 Å². The number of rotatable bonds is 4. The molecule has 2 rings (SSSR count). The third kappa shape index (κ3) is 3.39. The molecule has 1 heterocycles. The standard InChI is InChI=1S/C15H25N3O2/c1-4-18-13(9-12(3)17-18)14(19)16-10-15(20)7-5-11(2)6-8-15/h9,11,20H,4-8,10H2,1-3H3,(H,16,19). The van der Waals surface area contributed by atoms with Crippen molar-refractivity contribution in [3.63, 3.8) is 0 Å². The quantitative estimate of drug-likeness (QED) is 0.884. The molecule has 112 valence electrons. The van der Waals surface area contributed by atoms with E-state index in [0.29, 0.717) is 24.7 Å². The van der Waals surface area contributed by atoms with Crippen molar-refractivity contribution < 1.29 is 9.90 Å². The van der Waals surface area contributed by atoms with E-state index in [-0.39, 0.29) is 5.91 Å². The minimum atomic E-state index is -0.742. The predicted octanol–water partition coefficient (Wildman–Crippen LogP) is 1.88. The fourth-order valence-corrected chi connectivity index (χ4v) is 2.78. The maximum Gasteiger partial charge on any atom is 0.269 e. The van der Waals surface area contributed by atoms with Gasteiger partial charge in [-0.2, -0.15) is 5.10 Å². The van der Waals surface area contributed by atoms with Crippen LogP contribution in [-0.4, -0.2) is 32.9 Å². The molecular formula is C15H25N3O2. The molecule has 0 bridgehead atoms. The molecule has 2 N–H and O–H groups in total. The summed E-state index contributed by atoms with van der Waals surface area (Å²) in [7, 11) is 0. The van der Waals surface area contributed by atoms with Crippen LogP contribution in [0.1, 0.15) is 55.7 Å². The summed E-state index contributed by atoms with van der Waals surface area (Å²) >= 11 is 0. The van der Waals surface area contributed by atoms with Crippen LogP contribution in [0, 0.1) is 12.8 Å². The molecule has 0 radical (unpaired) electrons. The number of aryl methyl sites for hydroxylation is 2. The van der Waals surface area contributed by atoms with Crippen LogP contribution in [-0.2, 0) is 6.54 Å². The van der Waals surface area contributed by atoms with Gasteiger partial charge in [-0.25, -0.2) is 0 Å². The summed E-state index contributed by atoms with van der Waals surface area (Å²) in [6, 6.07) is 1.78. The highest BCUT2D eigenvalue weighted by atomic mass is 16.3. The molecule has 5 nitrogen and oxygen atoms in total. The van der Waals surface area contributed by atoms with E-state index in [1.165, 1.54) is 0 Å². The summed E-state index contributed by atoms with van der Waals surface area (Å²) in [5.41, 5.74) is 0.661. The lowest BCUT2D eigenvalue weighted by molar-refractivity contribution is -0.00547. The van der Waals surface area contributed by atoms with Gasteiger partial charge in [0.05, 0.1) is 11.3 Å². The molecule has 1 fully saturated rings. The Morgan fingerprint density at radius 2 is 2.20 bits per heavy atom. The van der Waals surface area contributed by atoms with E-state index in [4.69, 9.17) is 0 Å². The fourth-order valence-electron chi connectivity index (χ4n) is 2.78. The van der Waals surface area contributed by atoms with E-state index in [1.54, 1.807) is 10.7 Å². The van der Waals surface area contributed by atoms with Gasteiger partial charge < -0.3 is 10.4 Å². The molecular weight excluding hydrogens is 254 g/mol. The molecule has 1 amide bonds. The van der Waals surface area contributed by atoms with Crippen LogP contribution in [0.25, 0.3) is 0 Å². The summed E-state index contributed by atoms with van der Waals surface area (Å²) in [6.45, 7) is 7.03. The van der Waals surface area contributed by atoms with Gasteiger partial charge in [-0.3, -0.25) is 9.48 Å². The largest absolute Gasteiger partial charge is 0.388 e. The van der Waals surface area contributed by atoms with Gasteiger partial charge in [0.25, 0.3) is 5.91 Å². The molecule has 1 saturated carbocycles. The van der Waals surface area contributed by atoms with Crippen molar-refractivity contribution in [1.82, 2.24) is 15.1 Å². The molecule has 0 aliphatic heterocycles. The van der Waals surface area contributed by atoms with Crippen molar-refractivity contribution in [3.8, 4) is 0 Å². The smallest absolute Gasteiger partial charge is 0.269 e. The minimum absolute atomic E-state index is 0.153. The summed E-state index contributed by atoms with van der Waals surface area (Å²) < 4.78 is 1.69. The molecule has 1 aromatic rings. The first-order chi connectivity index (χ1) is 9.43. The van der Waals surface area contributed by atoms with Gasteiger partial charge in [-0.05, 0) is 51.5 Å². The Morgan fingerprint density at radius 1 is 1.55 bits per heavy atom. The topological polar surface area (TPSA) is 67.2 Å². The van der Waals surface area contributed by atoms with Crippen molar-refractivity contribution in [2.45, 2.75) is 58.6 Å². The van der Waals surface area contributed by atoms with Gasteiger partial charge in [0, 0.05) is 13.1 Å². The zero-order valence-electron chi connectivity index (χ0n) is 12.6. The molecule has 0 unspecified atom stereocenters. The highest BCUT2D eigenvalue weighted by Gasteiger charge is 2.32. The molecule has 0 saturated heterocycles. The summed E-state index contributed by atoms with van der Waals surface area (Å²) in [6.07, 6.45) is 3.58. The number of nitrogens with one attached hydrogen (secondary N) is 1. The monoisotopic (exact) mass is 279 g/mol. The number of carbonyl (C=O) groups excluding carboxylic acids is 1. The lowest BCUT2D eigenvalue weighted by Gasteiger charge is -2.34. The van der Waals surface area contributed by atoms with Gasteiger partial charge >= 0.3 is 0 Å². The van der Waals surface area contributed by atoms with E-state index in [1.807, 2.05) is 13.8 Å². The highest BCUT2D eigenvalue weighted by Crippen LogP contribution is 2.31. The Labute approximate surface area is 120 Å². The Morgan fingerprint density at radius 3 is 2.80 bits per heavy atom. The van der Waals surface area contributed by atoms with Crippen LogP contribution in [0.2, 0.25) is 0 Å². The van der Waals surface area contributed by atoms with Crippen LogP contribution in [0.5, 0.6) is 0 Å². The minimum Gasteiger partial charge on any atom is -0.388 e. The van der Waals surface area contributed by atoms with Crippen molar-refractivity contribution >= 4 is 5.91 Å². The molecule has 20 heavy (non-hydrogen) atoms. The van der Waals surface area contributed by atoms with Crippen molar-refractivity contribution in [3.05, 3.63) is 17.5 Å². The molecule has 0 spiro atoms. The van der Waals surface area contributed by atoms with Gasteiger partial charge in [0.1, 0.15) is 5.69 Å². The first kappa shape index (κ1) is 15.0. The lowest BCUT2D eigenvalue weighted by atomic mass is 9.79. The maximum absolute atomic E-state index is 12.2. The fraction of sp³-hybridized carbons (Fsp3) is 0.733. The summed E-state index contributed by atoms with van der Waals surface area (Å²) in [5, 5.41) is 17.6. The average Bonchev–Trinajstić information content (AvgIpc) is 2.81. The SMILES string of the molecule is CCn1nc(C)cc1C(=O)NCC1(O)CCC(C)CC1. The molecule has 5 heteroatoms. The Hall–Kier alpha value is -1.36. The molecule has 1 aromatic heterocycles. The Balaban J connectivity index is 1.95. The third-order valence-corrected chi connectivity index (χ3v) is 4.22. The second-order valence-electron chi connectivity index (χ2n) is 6.08. The van der Waals surface area contributed by atoms with Crippen molar-refractivity contribution in [2.24, 2.45) is 5.92 Å². The normalized spacial score (nSPS) is 26.5. The lowest BCUT2D eigenvalue weighted by Crippen LogP contribution is -2.45.